The summed E-state index contributed by atoms with van der Waals surface area (Å²) in [6, 6.07) is 45.1. The number of pyridine rings is 3. The van der Waals surface area contributed by atoms with Gasteiger partial charge in [0.25, 0.3) is 17.7 Å². The number of primary amides is 1. The molecule has 33 heteroatoms. The third-order valence-electron chi connectivity index (χ3n) is 34.1. The number of carbonyl (C=O) groups excluding carboxylic acids is 3. The zero-order valence-electron chi connectivity index (χ0n) is 80.4. The third-order valence-corrected chi connectivity index (χ3v) is 34.1. The number of amides is 3. The van der Waals surface area contributed by atoms with E-state index in [-0.39, 0.29) is 63.3 Å². The molecule has 3 amide bonds. The van der Waals surface area contributed by atoms with Crippen molar-refractivity contribution in [3.05, 3.63) is 163 Å². The molecule has 0 unspecified atom stereocenters. The van der Waals surface area contributed by atoms with Gasteiger partial charge in [-0.2, -0.15) is 0 Å². The highest BCUT2D eigenvalue weighted by atomic mass is 16.5. The molecule has 10 N–H and O–H groups in total. The summed E-state index contributed by atoms with van der Waals surface area (Å²) >= 11 is 0. The van der Waals surface area contributed by atoms with Crippen molar-refractivity contribution >= 4 is 86.8 Å². The molecule has 33 nitrogen and oxygen atoms in total. The Hall–Kier alpha value is -11.4. The highest BCUT2D eigenvalue weighted by Crippen LogP contribution is 2.53. The number of hydrogen-bond donors (Lipinski definition) is 9. The molecular weight excluding hydrogens is 1750 g/mol. The number of ether oxygens (including phenoxy) is 3. The van der Waals surface area contributed by atoms with Crippen LogP contribution >= 0.6 is 0 Å². The molecule has 0 bridgehead atoms. The molecule has 730 valence electrons. The molecule has 11 saturated heterocycles. The summed E-state index contributed by atoms with van der Waals surface area (Å²) in [7, 11) is 2.23. The number of nitrogens with two attached hydrogens (primary N) is 1. The highest BCUT2D eigenvalue weighted by molar-refractivity contribution is 6.00. The lowest BCUT2D eigenvalue weighted by Gasteiger charge is -2.57. The predicted octanol–water partition coefficient (Wildman–Crippen LogP) is 13.3. The maximum Gasteiger partial charge on any atom is 0.288 e. The van der Waals surface area contributed by atoms with Crippen molar-refractivity contribution in [2.75, 3.05) is 211 Å². The van der Waals surface area contributed by atoms with E-state index in [1.165, 1.54) is 5.69 Å². The fourth-order valence-corrected chi connectivity index (χ4v) is 25.4. The van der Waals surface area contributed by atoms with Crippen LogP contribution in [0, 0.1) is 27.1 Å². The van der Waals surface area contributed by atoms with Crippen LogP contribution in [0.5, 0.6) is 0 Å². The van der Waals surface area contributed by atoms with Gasteiger partial charge in [0.15, 0.2) is 52.0 Å². The van der Waals surface area contributed by atoms with E-state index in [4.69, 9.17) is 59.8 Å². The van der Waals surface area contributed by atoms with E-state index in [1.54, 1.807) is 18.6 Å². The first kappa shape index (κ1) is 91.4. The Balaban J connectivity index is 0.402. The second-order valence-corrected chi connectivity index (χ2v) is 43.2. The molecular formula is C106H135N27O6. The largest absolute Gasteiger partial charge is 0.381 e. The minimum atomic E-state index is -0.671. The average molecular weight is 1880 g/mol. The lowest BCUT2D eigenvalue weighted by molar-refractivity contribution is -0.131. The molecule has 0 atom stereocenters. The number of rotatable bonds is 26. The Labute approximate surface area is 814 Å². The van der Waals surface area contributed by atoms with Crippen LogP contribution in [0.1, 0.15) is 173 Å². The number of hydrazine groups is 2. The van der Waals surface area contributed by atoms with Gasteiger partial charge in [-0.15, -0.1) is 0 Å². The molecule has 11 aliphatic heterocycles. The zero-order chi connectivity index (χ0) is 93.7. The van der Waals surface area contributed by atoms with E-state index in [0.29, 0.717) is 98.0 Å². The second kappa shape index (κ2) is 39.2. The first-order chi connectivity index (χ1) is 68.0. The number of nitrogens with one attached hydrogen (secondary N) is 8. The van der Waals surface area contributed by atoms with Gasteiger partial charge in [-0.3, -0.25) is 50.0 Å². The van der Waals surface area contributed by atoms with Gasteiger partial charge in [0, 0.05) is 231 Å². The minimum absolute atomic E-state index is 0.0552. The summed E-state index contributed by atoms with van der Waals surface area (Å²) in [6.07, 6.45) is 28.5. The second-order valence-electron chi connectivity index (χ2n) is 43.2. The molecule has 139 heavy (non-hydrogen) atoms. The molecule has 9 aromatic rings. The first-order valence-corrected chi connectivity index (χ1v) is 51.7. The summed E-state index contributed by atoms with van der Waals surface area (Å²) in [5.74, 6) is 1.63. The van der Waals surface area contributed by atoms with Gasteiger partial charge in [-0.25, -0.2) is 39.9 Å². The van der Waals surface area contributed by atoms with Gasteiger partial charge < -0.3 is 76.3 Å². The Bertz CT molecular complexity index is 5770. The molecule has 3 aliphatic carbocycles. The molecule has 17 heterocycles. The molecule has 0 radical (unpaired) electrons. The van der Waals surface area contributed by atoms with Crippen LogP contribution in [0.4, 0.5) is 69.0 Å². The molecule has 6 aromatic heterocycles. The number of hydrogen-bond acceptors (Lipinski definition) is 30. The summed E-state index contributed by atoms with van der Waals surface area (Å²) in [5, 5.41) is 26.1. The number of anilines is 12. The van der Waals surface area contributed by atoms with Gasteiger partial charge in [0.2, 0.25) is 0 Å². The third kappa shape index (κ3) is 19.9. The Morgan fingerprint density at radius 2 is 0.705 bits per heavy atom. The fraction of sp³-hybridized carbons (Fsp3) is 0.547. The van der Waals surface area contributed by atoms with Crippen molar-refractivity contribution in [3.63, 3.8) is 0 Å². The van der Waals surface area contributed by atoms with Crippen LogP contribution in [-0.4, -0.2) is 293 Å². The van der Waals surface area contributed by atoms with Gasteiger partial charge in [-0.1, -0.05) is 18.2 Å². The fourth-order valence-electron chi connectivity index (χ4n) is 25.4. The SMILES string of the molecule is CN1CCN(C2CCN(c3ccc(Nc4nc(NC5CCC6(CC5)COC6)c(-c5ccccn5)nc4C(=O)NN4CC5(CCN(C6CCN(c7ccc(Nc8nc(NC9CC%10(CCOCC%10)C9)c(-c9ccccn9)nc8C(=O)NN8CCC9(CC8)CN(C8CCN(c%10ccc(Nc%11nc(NC%12CC%13(CCOCC%13)C%12)c(-c%12ccccn%12)nc%11C(N)=O)cc%10)CC8)C9)cc7)CC6)CC5)C4)cc3)CC2)CC1. The Morgan fingerprint density at radius 1 is 0.338 bits per heavy atom. The van der Waals surface area contributed by atoms with E-state index in [1.807, 2.05) is 66.7 Å². The van der Waals surface area contributed by atoms with Crippen LogP contribution < -0.4 is 63.2 Å². The number of carbonyl (C=O) groups is 3. The maximum atomic E-state index is 15.2. The number of nitrogens with zero attached hydrogens (tertiary/aromatic N) is 18. The number of aromatic nitrogens is 9. The van der Waals surface area contributed by atoms with Gasteiger partial charge in [-0.05, 0) is 287 Å². The van der Waals surface area contributed by atoms with Crippen molar-refractivity contribution < 1.29 is 28.6 Å². The minimum Gasteiger partial charge on any atom is -0.381 e. The molecule has 23 rings (SSSR count). The summed E-state index contributed by atoms with van der Waals surface area (Å²) in [6.45, 7) is 22.5. The van der Waals surface area contributed by atoms with E-state index < -0.39 is 5.91 Å². The van der Waals surface area contributed by atoms with E-state index >= 15 is 9.59 Å². The van der Waals surface area contributed by atoms with Crippen LogP contribution in [0.15, 0.2) is 146 Å². The summed E-state index contributed by atoms with van der Waals surface area (Å²) in [5.41, 5.74) is 23.9. The summed E-state index contributed by atoms with van der Waals surface area (Å²) < 4.78 is 17.2. The quantitative estimate of drug-likeness (QED) is 0.0243. The monoisotopic (exact) mass is 1880 g/mol. The van der Waals surface area contributed by atoms with E-state index in [0.717, 1.165) is 327 Å². The zero-order valence-corrected chi connectivity index (χ0v) is 80.4. The Morgan fingerprint density at radius 3 is 1.09 bits per heavy atom. The van der Waals surface area contributed by atoms with E-state index in [2.05, 4.69) is 160 Å². The van der Waals surface area contributed by atoms with Gasteiger partial charge in [0.1, 0.15) is 17.1 Å². The van der Waals surface area contributed by atoms with Crippen LogP contribution in [0.25, 0.3) is 34.2 Å². The molecule has 5 spiro atoms. The lowest BCUT2D eigenvalue weighted by Crippen LogP contribution is -2.65. The predicted molar refractivity (Wildman–Crippen MR) is 540 cm³/mol. The van der Waals surface area contributed by atoms with Crippen molar-refractivity contribution in [1.29, 1.82) is 0 Å². The van der Waals surface area contributed by atoms with Crippen molar-refractivity contribution in [2.45, 2.75) is 178 Å². The molecule has 14 fully saturated rings. The molecule has 14 aliphatic rings. The van der Waals surface area contributed by atoms with Crippen LogP contribution in [0.2, 0.25) is 0 Å². The number of likely N-dealkylation sites (tertiary alicyclic amines) is 2. The number of piperazine rings is 1. The van der Waals surface area contributed by atoms with Crippen molar-refractivity contribution in [2.24, 2.45) is 32.8 Å². The van der Waals surface area contributed by atoms with Crippen LogP contribution in [-0.2, 0) is 14.2 Å². The Kier molecular flexibility index (Phi) is 25.8. The standard InChI is InChI=1S/C106H135N27O6/c1-125-54-56-130(57-55-125)82-27-46-127(47-28-82)79-21-15-74(16-22-79)113-99-92(118-88(85-9-3-6-42-109-85)94(121-99)114-75-23-31-106(32-24-75)70-139-71-106)101(136)124-133-68-105(69-133)33-50-129(51-34-105)81-25-44-126(45-26-81)78-19-13-73(14-20-78)112-98-91(119-89(86-10-4-7-43-110-86)96(122-98)116-77-64-103(65-77)39-60-138-61-40-103)100(135)123-132-52-35-104(36-53-132)66-131(67-104)83-29-48-128(49-30-83)80-17-11-72(12-18-80)111-97-90(93(107)134)117-87(84-8-2-5-41-108-84)95(120-97)115-76-62-102(63-76)37-58-137-59-38-102/h2-22,41-43,75-77,81-83H,23-40,44-71H2,1H3,(H2,107,134)(H,123,135)(H,124,136)(H2,111,115,120)(H2,112,116,122)(H2,113,114,121). The topological polar surface area (TPSA) is 346 Å². The number of piperidine rings is 5. The first-order valence-electron chi connectivity index (χ1n) is 51.7. The van der Waals surface area contributed by atoms with Crippen molar-refractivity contribution in [3.8, 4) is 34.2 Å². The highest BCUT2D eigenvalue weighted by Gasteiger charge is 2.52. The molecule has 3 saturated carbocycles. The van der Waals surface area contributed by atoms with Gasteiger partial charge in [0.05, 0.1) is 30.3 Å². The van der Waals surface area contributed by atoms with E-state index in [9.17, 15) is 4.79 Å². The number of benzene rings is 3. The van der Waals surface area contributed by atoms with Gasteiger partial charge >= 0.3 is 0 Å². The van der Waals surface area contributed by atoms with Crippen LogP contribution in [0.3, 0.4) is 0 Å². The smallest absolute Gasteiger partial charge is 0.288 e. The molecule has 3 aromatic carbocycles. The lowest BCUT2D eigenvalue weighted by atomic mass is 9.61. The normalized spacial score (nSPS) is 23.7. The maximum absolute atomic E-state index is 15.2. The van der Waals surface area contributed by atoms with Crippen molar-refractivity contribution in [1.82, 2.24) is 85.3 Å². The average Bonchev–Trinajstić information content (AvgIpc) is 0.759. The summed E-state index contributed by atoms with van der Waals surface area (Å²) in [4.78, 5) is 107. The number of likely N-dealkylation sites (N-methyl/N-ethyl adjacent to an activating group) is 1.